The Balaban J connectivity index is 2.57. The number of unbranched alkanes of at least 4 members (excludes halogenated alkanes) is 2. The van der Waals surface area contributed by atoms with Crippen LogP contribution in [-0.4, -0.2) is 41.8 Å². The molecule has 84 valence electrons. The topological polar surface area (TPSA) is 74.6 Å². The fourth-order valence-electron chi connectivity index (χ4n) is 1.87. The Kier molecular flexibility index (Phi) is 3.92. The van der Waals surface area contributed by atoms with Crippen molar-refractivity contribution < 1.29 is 18.6 Å². The van der Waals surface area contributed by atoms with Crippen LogP contribution in [0.4, 0.5) is 0 Å². The molecule has 0 radical (unpaired) electrons. The standard InChI is InChI=1S/C9H18O4S/c1-2-3-4-5-8-9(11)7(10)6-14(8,12)13/h7-11H,2-6H2,1H3/t7-,8+,9-/m1/s1. The quantitative estimate of drug-likeness (QED) is 0.661. The fraction of sp³-hybridized carbons (Fsp3) is 1.00. The highest BCUT2D eigenvalue weighted by Gasteiger charge is 2.44. The molecule has 0 unspecified atom stereocenters. The van der Waals surface area contributed by atoms with Crippen LogP contribution in [0.3, 0.4) is 0 Å². The van der Waals surface area contributed by atoms with Gasteiger partial charge in [-0.2, -0.15) is 0 Å². The molecular weight excluding hydrogens is 204 g/mol. The summed E-state index contributed by atoms with van der Waals surface area (Å²) in [5, 5.41) is 17.9. The maximum atomic E-state index is 11.5. The van der Waals surface area contributed by atoms with Gasteiger partial charge in [0.05, 0.1) is 23.2 Å². The minimum atomic E-state index is -3.27. The van der Waals surface area contributed by atoms with Gasteiger partial charge in [0.25, 0.3) is 0 Å². The van der Waals surface area contributed by atoms with Gasteiger partial charge in [0.2, 0.25) is 0 Å². The van der Waals surface area contributed by atoms with Gasteiger partial charge in [-0.05, 0) is 6.42 Å². The molecule has 1 fully saturated rings. The predicted molar refractivity (Wildman–Crippen MR) is 53.7 cm³/mol. The fourth-order valence-corrected chi connectivity index (χ4v) is 3.92. The minimum Gasteiger partial charge on any atom is -0.389 e. The van der Waals surface area contributed by atoms with Gasteiger partial charge in [0, 0.05) is 0 Å². The third kappa shape index (κ3) is 2.46. The molecule has 0 bridgehead atoms. The summed E-state index contributed by atoms with van der Waals surface area (Å²) in [6.07, 6.45) is 1.07. The molecular formula is C9H18O4S. The first-order chi connectivity index (χ1) is 6.49. The van der Waals surface area contributed by atoms with Gasteiger partial charge < -0.3 is 10.2 Å². The Labute approximate surface area is 84.9 Å². The van der Waals surface area contributed by atoms with Gasteiger partial charge in [0.15, 0.2) is 9.84 Å². The molecule has 3 atom stereocenters. The van der Waals surface area contributed by atoms with Crippen LogP contribution in [0.1, 0.15) is 32.6 Å². The van der Waals surface area contributed by atoms with Crippen molar-refractivity contribution in [2.24, 2.45) is 0 Å². The summed E-state index contributed by atoms with van der Waals surface area (Å²) < 4.78 is 22.9. The van der Waals surface area contributed by atoms with Crippen LogP contribution in [0.15, 0.2) is 0 Å². The molecule has 0 aromatic carbocycles. The normalized spacial score (nSPS) is 36.1. The molecule has 0 aliphatic carbocycles. The van der Waals surface area contributed by atoms with E-state index >= 15 is 0 Å². The summed E-state index contributed by atoms with van der Waals surface area (Å²) in [7, 11) is -3.27. The Bertz CT molecular complexity index is 273. The molecule has 0 aromatic heterocycles. The number of aliphatic hydroxyl groups excluding tert-OH is 2. The van der Waals surface area contributed by atoms with Crippen molar-refractivity contribution in [2.75, 3.05) is 5.75 Å². The lowest BCUT2D eigenvalue weighted by Gasteiger charge is -2.14. The summed E-state index contributed by atoms with van der Waals surface area (Å²) in [5.74, 6) is -0.287. The largest absolute Gasteiger partial charge is 0.389 e. The smallest absolute Gasteiger partial charge is 0.158 e. The van der Waals surface area contributed by atoms with Crippen molar-refractivity contribution >= 4 is 9.84 Å². The van der Waals surface area contributed by atoms with E-state index in [9.17, 15) is 18.6 Å². The van der Waals surface area contributed by atoms with E-state index < -0.39 is 27.3 Å². The van der Waals surface area contributed by atoms with Gasteiger partial charge in [0.1, 0.15) is 0 Å². The summed E-state index contributed by atoms with van der Waals surface area (Å²) in [4.78, 5) is 0. The molecule has 14 heavy (non-hydrogen) atoms. The van der Waals surface area contributed by atoms with E-state index in [1.54, 1.807) is 0 Å². The van der Waals surface area contributed by atoms with Crippen molar-refractivity contribution in [3.05, 3.63) is 0 Å². The van der Waals surface area contributed by atoms with Crippen LogP contribution in [0.2, 0.25) is 0 Å². The van der Waals surface area contributed by atoms with Gasteiger partial charge in [-0.25, -0.2) is 8.42 Å². The van der Waals surface area contributed by atoms with E-state index in [0.29, 0.717) is 6.42 Å². The summed E-state index contributed by atoms with van der Waals surface area (Å²) in [6, 6.07) is 0. The summed E-state index contributed by atoms with van der Waals surface area (Å²) in [6.45, 7) is 2.04. The monoisotopic (exact) mass is 222 g/mol. The van der Waals surface area contributed by atoms with E-state index in [0.717, 1.165) is 19.3 Å². The minimum absolute atomic E-state index is 0.287. The van der Waals surface area contributed by atoms with Gasteiger partial charge in [-0.15, -0.1) is 0 Å². The second-order valence-corrected chi connectivity index (χ2v) is 6.19. The first-order valence-corrected chi connectivity index (χ1v) is 6.78. The van der Waals surface area contributed by atoms with E-state index in [2.05, 4.69) is 0 Å². The Morgan fingerprint density at radius 1 is 1.29 bits per heavy atom. The Hall–Kier alpha value is -0.130. The predicted octanol–water partition coefficient (Wildman–Crippen LogP) is 0.0855. The zero-order valence-electron chi connectivity index (χ0n) is 8.39. The zero-order valence-corrected chi connectivity index (χ0v) is 9.20. The molecule has 1 saturated heterocycles. The Morgan fingerprint density at radius 2 is 1.93 bits per heavy atom. The Morgan fingerprint density at radius 3 is 2.36 bits per heavy atom. The highest BCUT2D eigenvalue weighted by molar-refractivity contribution is 7.92. The molecule has 0 spiro atoms. The lowest BCUT2D eigenvalue weighted by atomic mass is 10.1. The summed E-state index contributed by atoms with van der Waals surface area (Å²) in [5.41, 5.74) is 0. The molecule has 5 heteroatoms. The molecule has 0 aromatic rings. The third-order valence-electron chi connectivity index (χ3n) is 2.73. The van der Waals surface area contributed by atoms with Crippen LogP contribution in [0.5, 0.6) is 0 Å². The molecule has 1 aliphatic heterocycles. The zero-order chi connectivity index (χ0) is 10.8. The average Bonchev–Trinajstić information content (AvgIpc) is 2.27. The number of sulfone groups is 1. The highest BCUT2D eigenvalue weighted by atomic mass is 32.2. The van der Waals surface area contributed by atoms with Crippen LogP contribution in [0, 0.1) is 0 Å². The summed E-state index contributed by atoms with van der Waals surface area (Å²) >= 11 is 0. The molecule has 0 saturated carbocycles. The number of hydrogen-bond donors (Lipinski definition) is 2. The molecule has 1 aliphatic rings. The molecule has 2 N–H and O–H groups in total. The second-order valence-electron chi connectivity index (χ2n) is 3.92. The van der Waals surface area contributed by atoms with E-state index in [1.165, 1.54) is 0 Å². The lowest BCUT2D eigenvalue weighted by molar-refractivity contribution is 0.0403. The number of aliphatic hydroxyl groups is 2. The number of rotatable bonds is 4. The van der Waals surface area contributed by atoms with E-state index in [-0.39, 0.29) is 5.75 Å². The van der Waals surface area contributed by atoms with Crippen molar-refractivity contribution in [3.63, 3.8) is 0 Å². The van der Waals surface area contributed by atoms with Crippen molar-refractivity contribution in [1.29, 1.82) is 0 Å². The molecule has 1 heterocycles. The highest BCUT2D eigenvalue weighted by Crippen LogP contribution is 2.25. The van der Waals surface area contributed by atoms with Crippen LogP contribution in [0.25, 0.3) is 0 Å². The maximum Gasteiger partial charge on any atom is 0.158 e. The second kappa shape index (κ2) is 4.59. The molecule has 1 rings (SSSR count). The number of hydrogen-bond acceptors (Lipinski definition) is 4. The molecule has 4 nitrogen and oxygen atoms in total. The van der Waals surface area contributed by atoms with E-state index in [4.69, 9.17) is 0 Å². The van der Waals surface area contributed by atoms with Gasteiger partial charge in [-0.3, -0.25) is 0 Å². The first-order valence-electron chi connectivity index (χ1n) is 5.06. The van der Waals surface area contributed by atoms with Crippen molar-refractivity contribution in [1.82, 2.24) is 0 Å². The first kappa shape index (κ1) is 11.9. The lowest BCUT2D eigenvalue weighted by Crippen LogP contribution is -2.31. The molecule has 0 amide bonds. The van der Waals surface area contributed by atoms with Crippen molar-refractivity contribution in [3.8, 4) is 0 Å². The van der Waals surface area contributed by atoms with Crippen LogP contribution in [-0.2, 0) is 9.84 Å². The van der Waals surface area contributed by atoms with E-state index in [1.807, 2.05) is 6.92 Å². The van der Waals surface area contributed by atoms with Crippen LogP contribution >= 0.6 is 0 Å². The SMILES string of the molecule is CCCCC[C@H]1[C@H](O)[C@H](O)CS1(=O)=O. The van der Waals surface area contributed by atoms with Gasteiger partial charge in [-0.1, -0.05) is 26.2 Å². The van der Waals surface area contributed by atoms with Crippen molar-refractivity contribution in [2.45, 2.75) is 50.1 Å². The van der Waals surface area contributed by atoms with Crippen LogP contribution < -0.4 is 0 Å². The average molecular weight is 222 g/mol. The third-order valence-corrected chi connectivity index (χ3v) is 4.97. The van der Waals surface area contributed by atoms with Gasteiger partial charge >= 0.3 is 0 Å². The maximum absolute atomic E-state index is 11.5.